The number of anilines is 1. The summed E-state index contributed by atoms with van der Waals surface area (Å²) in [7, 11) is 0. The Labute approximate surface area is 161 Å². The van der Waals surface area contributed by atoms with Gasteiger partial charge in [-0.05, 0) is 48.2 Å². The number of fused-ring (bicyclic) bond motifs is 3. The summed E-state index contributed by atoms with van der Waals surface area (Å²) in [5.41, 5.74) is 3.14. The molecule has 148 valence electrons. The zero-order valence-corrected chi connectivity index (χ0v) is 15.5. The van der Waals surface area contributed by atoms with Crippen molar-refractivity contribution in [1.82, 2.24) is 4.90 Å². The first-order chi connectivity index (χ1) is 13.3. The topological polar surface area (TPSA) is 32.8 Å². The van der Waals surface area contributed by atoms with Gasteiger partial charge in [-0.2, -0.15) is 13.2 Å². The number of cyclic esters (lactones) is 1. The Bertz CT molecular complexity index is 880. The van der Waals surface area contributed by atoms with Crippen LogP contribution in [0.3, 0.4) is 0 Å². The molecule has 2 aromatic rings. The van der Waals surface area contributed by atoms with E-state index in [1.165, 1.54) is 12.1 Å². The molecule has 0 N–H and O–H groups in total. The average Bonchev–Trinajstić information content (AvgIpc) is 2.99. The van der Waals surface area contributed by atoms with Gasteiger partial charge in [-0.15, -0.1) is 0 Å². The number of amides is 1. The summed E-state index contributed by atoms with van der Waals surface area (Å²) < 4.78 is 43.6. The summed E-state index contributed by atoms with van der Waals surface area (Å²) in [4.78, 5) is 16.2. The van der Waals surface area contributed by atoms with Crippen molar-refractivity contribution in [3.05, 3.63) is 64.7 Å². The molecule has 28 heavy (non-hydrogen) atoms. The maximum atomic E-state index is 12.8. The number of hydrogen-bond donors (Lipinski definition) is 0. The predicted octanol–water partition coefficient (Wildman–Crippen LogP) is 4.74. The minimum Gasteiger partial charge on any atom is -0.447 e. The summed E-state index contributed by atoms with van der Waals surface area (Å²) in [6.07, 6.45) is -3.89. The van der Waals surface area contributed by atoms with Gasteiger partial charge in [0.05, 0.1) is 17.3 Å². The lowest BCUT2D eigenvalue weighted by Gasteiger charge is -2.32. The maximum absolute atomic E-state index is 12.8. The monoisotopic (exact) mass is 390 g/mol. The SMILES string of the molecule is Cc1ccc2c(c1)N1C(=O)OC[C@@H]1CCN(Cc1ccc(C(F)(F)F)cc1)C2. The van der Waals surface area contributed by atoms with E-state index in [-0.39, 0.29) is 12.1 Å². The third-order valence-corrected chi connectivity index (χ3v) is 5.32. The van der Waals surface area contributed by atoms with Gasteiger partial charge in [0, 0.05) is 19.6 Å². The number of carbonyl (C=O) groups is 1. The molecule has 0 aliphatic carbocycles. The molecular weight excluding hydrogens is 369 g/mol. The van der Waals surface area contributed by atoms with Crippen LogP contribution in [-0.4, -0.2) is 30.2 Å². The van der Waals surface area contributed by atoms with E-state index in [9.17, 15) is 18.0 Å². The van der Waals surface area contributed by atoms with Crippen LogP contribution in [0.5, 0.6) is 0 Å². The number of halogens is 3. The van der Waals surface area contributed by atoms with Crippen LogP contribution in [0.4, 0.5) is 23.7 Å². The summed E-state index contributed by atoms with van der Waals surface area (Å²) in [6, 6.07) is 11.3. The van der Waals surface area contributed by atoms with Crippen LogP contribution in [-0.2, 0) is 24.0 Å². The van der Waals surface area contributed by atoms with Crippen LogP contribution >= 0.6 is 0 Å². The molecule has 2 aliphatic rings. The zero-order chi connectivity index (χ0) is 19.9. The van der Waals surface area contributed by atoms with E-state index in [1.807, 2.05) is 25.1 Å². The van der Waals surface area contributed by atoms with Gasteiger partial charge in [-0.1, -0.05) is 24.3 Å². The van der Waals surface area contributed by atoms with E-state index in [4.69, 9.17) is 4.74 Å². The first kappa shape index (κ1) is 18.8. The minimum absolute atomic E-state index is 0.0246. The van der Waals surface area contributed by atoms with Crippen LogP contribution in [0.2, 0.25) is 0 Å². The molecule has 0 radical (unpaired) electrons. The molecule has 4 nitrogen and oxygen atoms in total. The van der Waals surface area contributed by atoms with Crippen molar-refractivity contribution in [2.45, 2.75) is 38.7 Å². The number of benzene rings is 2. The van der Waals surface area contributed by atoms with E-state index in [2.05, 4.69) is 4.90 Å². The normalized spacial score (nSPS) is 20.2. The molecule has 1 saturated heterocycles. The lowest BCUT2D eigenvalue weighted by Crippen LogP contribution is -2.40. The van der Waals surface area contributed by atoms with Crippen LogP contribution in [0.25, 0.3) is 0 Å². The van der Waals surface area contributed by atoms with Crippen molar-refractivity contribution in [3.8, 4) is 0 Å². The fraction of sp³-hybridized carbons (Fsp3) is 0.381. The highest BCUT2D eigenvalue weighted by Gasteiger charge is 2.37. The molecule has 2 heterocycles. The molecule has 4 rings (SSSR count). The Hall–Kier alpha value is -2.54. The van der Waals surface area contributed by atoms with Gasteiger partial charge in [-0.25, -0.2) is 4.79 Å². The third kappa shape index (κ3) is 3.71. The lowest BCUT2D eigenvalue weighted by atomic mass is 10.0. The van der Waals surface area contributed by atoms with Crippen molar-refractivity contribution in [3.63, 3.8) is 0 Å². The Morgan fingerprint density at radius 2 is 1.89 bits per heavy atom. The zero-order valence-electron chi connectivity index (χ0n) is 15.5. The predicted molar refractivity (Wildman–Crippen MR) is 99.0 cm³/mol. The molecule has 1 fully saturated rings. The average molecular weight is 390 g/mol. The second-order valence-corrected chi connectivity index (χ2v) is 7.43. The van der Waals surface area contributed by atoms with Gasteiger partial charge in [0.2, 0.25) is 0 Å². The standard InChI is InChI=1S/C21H21F3N2O2/c1-14-2-5-16-12-25(11-15-3-6-17(7-4-15)21(22,23)24)9-8-18-13-28-20(27)26(18)19(16)10-14/h2-7,10,18H,8-9,11-13H2,1H3/t18-/m0/s1. The summed E-state index contributed by atoms with van der Waals surface area (Å²) in [5, 5.41) is 0. The maximum Gasteiger partial charge on any atom is 0.416 e. The first-order valence-electron chi connectivity index (χ1n) is 9.25. The number of alkyl halides is 3. The second kappa shape index (κ2) is 7.13. The Balaban J connectivity index is 1.58. The van der Waals surface area contributed by atoms with Crippen LogP contribution in [0.1, 0.15) is 28.7 Å². The molecule has 0 spiro atoms. The third-order valence-electron chi connectivity index (χ3n) is 5.32. The number of aryl methyl sites for hydroxylation is 1. The van der Waals surface area contributed by atoms with Gasteiger partial charge in [0.25, 0.3) is 0 Å². The van der Waals surface area contributed by atoms with Gasteiger partial charge in [-0.3, -0.25) is 9.80 Å². The van der Waals surface area contributed by atoms with Gasteiger partial charge >= 0.3 is 12.3 Å². The van der Waals surface area contributed by atoms with E-state index in [0.717, 1.165) is 47.5 Å². The Morgan fingerprint density at radius 3 is 2.61 bits per heavy atom. The largest absolute Gasteiger partial charge is 0.447 e. The Morgan fingerprint density at radius 1 is 1.14 bits per heavy atom. The number of nitrogens with zero attached hydrogens (tertiary/aromatic N) is 2. The number of ether oxygens (including phenoxy) is 1. The van der Waals surface area contributed by atoms with Crippen molar-refractivity contribution in [2.75, 3.05) is 18.1 Å². The van der Waals surface area contributed by atoms with Crippen LogP contribution in [0, 0.1) is 6.92 Å². The molecule has 1 amide bonds. The quantitative estimate of drug-likeness (QED) is 0.742. The fourth-order valence-electron chi connectivity index (χ4n) is 3.84. The minimum atomic E-state index is -4.33. The fourth-order valence-corrected chi connectivity index (χ4v) is 3.84. The second-order valence-electron chi connectivity index (χ2n) is 7.43. The molecule has 2 aliphatic heterocycles. The first-order valence-corrected chi connectivity index (χ1v) is 9.25. The molecule has 0 aromatic heterocycles. The number of carbonyl (C=O) groups excluding carboxylic acids is 1. The van der Waals surface area contributed by atoms with Gasteiger partial charge < -0.3 is 4.74 Å². The molecule has 0 saturated carbocycles. The van der Waals surface area contributed by atoms with E-state index < -0.39 is 11.7 Å². The van der Waals surface area contributed by atoms with E-state index in [1.54, 1.807) is 4.90 Å². The molecule has 0 unspecified atom stereocenters. The summed E-state index contributed by atoms with van der Waals surface area (Å²) >= 11 is 0. The molecule has 2 aromatic carbocycles. The molecule has 1 atom stereocenters. The Kier molecular flexibility index (Phi) is 4.79. The van der Waals surface area contributed by atoms with Crippen LogP contribution < -0.4 is 4.90 Å². The lowest BCUT2D eigenvalue weighted by molar-refractivity contribution is -0.137. The molecule has 0 bridgehead atoms. The molecular formula is C21H21F3N2O2. The molecule has 7 heteroatoms. The van der Waals surface area contributed by atoms with Crippen molar-refractivity contribution < 1.29 is 22.7 Å². The van der Waals surface area contributed by atoms with E-state index in [0.29, 0.717) is 19.7 Å². The van der Waals surface area contributed by atoms with Crippen molar-refractivity contribution in [1.29, 1.82) is 0 Å². The van der Waals surface area contributed by atoms with Crippen molar-refractivity contribution >= 4 is 11.8 Å². The van der Waals surface area contributed by atoms with Gasteiger partial charge in [0.1, 0.15) is 6.61 Å². The summed E-state index contributed by atoms with van der Waals surface area (Å²) in [5.74, 6) is 0. The van der Waals surface area contributed by atoms with Crippen LogP contribution in [0.15, 0.2) is 42.5 Å². The number of rotatable bonds is 2. The van der Waals surface area contributed by atoms with Crippen molar-refractivity contribution in [2.24, 2.45) is 0 Å². The van der Waals surface area contributed by atoms with E-state index >= 15 is 0 Å². The number of hydrogen-bond acceptors (Lipinski definition) is 3. The smallest absolute Gasteiger partial charge is 0.416 e. The van der Waals surface area contributed by atoms with Gasteiger partial charge in [0.15, 0.2) is 0 Å². The highest BCUT2D eigenvalue weighted by atomic mass is 19.4. The summed E-state index contributed by atoms with van der Waals surface area (Å²) in [6.45, 7) is 4.24. The highest BCUT2D eigenvalue weighted by Crippen LogP contribution is 2.33. The highest BCUT2D eigenvalue weighted by molar-refractivity contribution is 5.91.